The molecule has 7 heteroatoms. The minimum Gasteiger partial charge on any atom is -0.370 e. The summed E-state index contributed by atoms with van der Waals surface area (Å²) in [7, 11) is -4.52. The fraction of sp³-hybridized carbons (Fsp3) is 1.00. The van der Waals surface area contributed by atoms with E-state index in [1.165, 1.54) is 6.92 Å². The van der Waals surface area contributed by atoms with E-state index in [0.29, 0.717) is 6.61 Å². The van der Waals surface area contributed by atoms with E-state index in [-0.39, 0.29) is 6.61 Å². The zero-order valence-corrected chi connectivity index (χ0v) is 8.20. The van der Waals surface area contributed by atoms with E-state index in [4.69, 9.17) is 14.0 Å². The Morgan fingerprint density at radius 2 is 2.15 bits per heavy atom. The van der Waals surface area contributed by atoms with Crippen LogP contribution in [0.1, 0.15) is 13.8 Å². The first-order valence-corrected chi connectivity index (χ1v) is 5.14. The lowest BCUT2D eigenvalue weighted by Crippen LogP contribution is -2.50. The van der Waals surface area contributed by atoms with E-state index in [0.717, 1.165) is 0 Å². The summed E-state index contributed by atoms with van der Waals surface area (Å²) in [6.07, 6.45) is -0.553. The van der Waals surface area contributed by atoms with Crippen molar-refractivity contribution in [1.29, 1.82) is 0 Å². The van der Waals surface area contributed by atoms with Gasteiger partial charge in [-0.15, -0.1) is 0 Å². The van der Waals surface area contributed by atoms with Gasteiger partial charge >= 0.3 is 10.4 Å². The molecule has 0 aromatic heterocycles. The van der Waals surface area contributed by atoms with Crippen molar-refractivity contribution in [2.75, 3.05) is 13.2 Å². The van der Waals surface area contributed by atoms with Crippen LogP contribution in [0.25, 0.3) is 0 Å². The molecule has 2 atom stereocenters. The van der Waals surface area contributed by atoms with Crippen molar-refractivity contribution in [3.8, 4) is 0 Å². The quantitative estimate of drug-likeness (QED) is 0.646. The molecular formula is C6H12O6S. The van der Waals surface area contributed by atoms with Gasteiger partial charge in [-0.1, -0.05) is 0 Å². The van der Waals surface area contributed by atoms with Crippen LogP contribution in [0.3, 0.4) is 0 Å². The molecule has 13 heavy (non-hydrogen) atoms. The molecule has 1 fully saturated rings. The third kappa shape index (κ3) is 2.89. The lowest BCUT2D eigenvalue weighted by molar-refractivity contribution is -0.275. The number of hydrogen-bond donors (Lipinski definition) is 1. The molecule has 0 aromatic carbocycles. The Bertz CT molecular complexity index is 273. The van der Waals surface area contributed by atoms with Crippen molar-refractivity contribution in [3.63, 3.8) is 0 Å². The molecule has 2 unspecified atom stereocenters. The van der Waals surface area contributed by atoms with Crippen molar-refractivity contribution in [1.82, 2.24) is 0 Å². The van der Waals surface area contributed by atoms with Gasteiger partial charge in [0, 0.05) is 0 Å². The van der Waals surface area contributed by atoms with Gasteiger partial charge in [0.1, 0.15) is 6.10 Å². The highest BCUT2D eigenvalue weighted by molar-refractivity contribution is 7.80. The maximum Gasteiger partial charge on any atom is 0.400 e. The normalized spacial score (nSPS) is 36.1. The van der Waals surface area contributed by atoms with Crippen LogP contribution in [0.5, 0.6) is 0 Å². The van der Waals surface area contributed by atoms with Crippen LogP contribution >= 0.6 is 0 Å². The molecule has 0 aliphatic carbocycles. The van der Waals surface area contributed by atoms with Crippen LogP contribution in [0, 0.1) is 0 Å². The molecule has 6 nitrogen and oxygen atoms in total. The number of rotatable bonds is 2. The summed E-state index contributed by atoms with van der Waals surface area (Å²) in [6, 6.07) is 0. The molecule has 1 heterocycles. The van der Waals surface area contributed by atoms with Gasteiger partial charge in [0.15, 0.2) is 0 Å². The highest BCUT2D eigenvalue weighted by atomic mass is 32.3. The molecule has 1 saturated heterocycles. The average Bonchev–Trinajstić information content (AvgIpc) is 1.92. The largest absolute Gasteiger partial charge is 0.400 e. The Balaban J connectivity index is 2.73. The molecule has 78 valence electrons. The van der Waals surface area contributed by atoms with Crippen LogP contribution in [-0.4, -0.2) is 38.1 Å². The average molecular weight is 212 g/mol. The first-order chi connectivity index (χ1) is 5.83. The highest BCUT2D eigenvalue weighted by Crippen LogP contribution is 2.25. The predicted octanol–water partition coefficient (Wildman–Crippen LogP) is -0.0427. The summed E-state index contributed by atoms with van der Waals surface area (Å²) in [4.78, 5) is 0. The SMILES string of the molecule is CC1OCCOC1(C)OS(=O)(=O)O. The van der Waals surface area contributed by atoms with E-state index in [9.17, 15) is 8.42 Å². The minimum atomic E-state index is -4.52. The summed E-state index contributed by atoms with van der Waals surface area (Å²) in [6.45, 7) is 3.61. The minimum absolute atomic E-state index is 0.232. The Labute approximate surface area is 76.7 Å². The second-order valence-corrected chi connectivity index (χ2v) is 3.91. The van der Waals surface area contributed by atoms with Gasteiger partial charge in [0.2, 0.25) is 5.79 Å². The van der Waals surface area contributed by atoms with E-state index >= 15 is 0 Å². The third-order valence-corrected chi connectivity index (χ3v) is 2.39. The van der Waals surface area contributed by atoms with Gasteiger partial charge in [0.25, 0.3) is 0 Å². The standard InChI is InChI=1S/C6H12O6S/c1-5-6(2,11-4-3-10-5)12-13(7,8)9/h5H,3-4H2,1-2H3,(H,7,8,9). The molecule has 1 aliphatic rings. The zero-order chi connectivity index (χ0) is 10.1. The molecule has 0 spiro atoms. The summed E-state index contributed by atoms with van der Waals surface area (Å²) < 4.78 is 43.9. The van der Waals surface area contributed by atoms with Gasteiger partial charge in [0.05, 0.1) is 13.2 Å². The van der Waals surface area contributed by atoms with Crippen molar-refractivity contribution in [3.05, 3.63) is 0 Å². The Morgan fingerprint density at radius 1 is 1.54 bits per heavy atom. The van der Waals surface area contributed by atoms with Gasteiger partial charge in [-0.3, -0.25) is 4.55 Å². The predicted molar refractivity (Wildman–Crippen MR) is 42.4 cm³/mol. The Kier molecular flexibility index (Phi) is 2.93. The Morgan fingerprint density at radius 3 is 2.62 bits per heavy atom. The van der Waals surface area contributed by atoms with Crippen LogP contribution in [0.15, 0.2) is 0 Å². The molecule has 1 aliphatic heterocycles. The molecule has 0 saturated carbocycles. The second-order valence-electron chi connectivity index (χ2n) is 2.89. The fourth-order valence-corrected chi connectivity index (χ4v) is 1.64. The Hall–Kier alpha value is -0.210. The summed E-state index contributed by atoms with van der Waals surface area (Å²) in [5.41, 5.74) is 0. The topological polar surface area (TPSA) is 82.1 Å². The van der Waals surface area contributed by atoms with E-state index in [1.54, 1.807) is 6.92 Å². The highest BCUT2D eigenvalue weighted by Gasteiger charge is 2.41. The van der Waals surface area contributed by atoms with Crippen molar-refractivity contribution in [2.45, 2.75) is 25.7 Å². The maximum atomic E-state index is 10.4. The molecule has 0 aromatic rings. The maximum absolute atomic E-state index is 10.4. The number of ether oxygens (including phenoxy) is 2. The first kappa shape index (κ1) is 10.9. The van der Waals surface area contributed by atoms with Crippen LogP contribution in [0.2, 0.25) is 0 Å². The molecule has 1 N–H and O–H groups in total. The van der Waals surface area contributed by atoms with Gasteiger partial charge < -0.3 is 9.47 Å². The van der Waals surface area contributed by atoms with Gasteiger partial charge in [-0.25, -0.2) is 4.18 Å². The van der Waals surface area contributed by atoms with E-state index in [2.05, 4.69) is 4.18 Å². The molecule has 0 amide bonds. The lowest BCUT2D eigenvalue weighted by Gasteiger charge is -2.36. The summed E-state index contributed by atoms with van der Waals surface area (Å²) in [5.74, 6) is -1.44. The lowest BCUT2D eigenvalue weighted by atomic mass is 10.2. The molecule has 0 radical (unpaired) electrons. The monoisotopic (exact) mass is 212 g/mol. The number of hydrogen-bond acceptors (Lipinski definition) is 5. The molecular weight excluding hydrogens is 200 g/mol. The third-order valence-electron chi connectivity index (χ3n) is 1.85. The van der Waals surface area contributed by atoms with Gasteiger partial charge in [-0.2, -0.15) is 8.42 Å². The zero-order valence-electron chi connectivity index (χ0n) is 7.39. The summed E-state index contributed by atoms with van der Waals surface area (Å²) >= 11 is 0. The van der Waals surface area contributed by atoms with E-state index in [1.807, 2.05) is 0 Å². The van der Waals surface area contributed by atoms with Crippen molar-refractivity contribution < 1.29 is 26.6 Å². The van der Waals surface area contributed by atoms with Gasteiger partial charge in [-0.05, 0) is 13.8 Å². The molecule has 0 bridgehead atoms. The smallest absolute Gasteiger partial charge is 0.370 e. The van der Waals surface area contributed by atoms with Crippen LogP contribution in [0.4, 0.5) is 0 Å². The van der Waals surface area contributed by atoms with Crippen LogP contribution in [-0.2, 0) is 24.1 Å². The van der Waals surface area contributed by atoms with Crippen LogP contribution < -0.4 is 0 Å². The first-order valence-electron chi connectivity index (χ1n) is 3.77. The van der Waals surface area contributed by atoms with Crippen molar-refractivity contribution in [2.24, 2.45) is 0 Å². The second kappa shape index (κ2) is 3.50. The summed E-state index contributed by atoms with van der Waals surface area (Å²) in [5, 5.41) is 0. The molecule has 1 rings (SSSR count). The fourth-order valence-electron chi connectivity index (χ4n) is 1.04. The van der Waals surface area contributed by atoms with E-state index < -0.39 is 22.3 Å². The van der Waals surface area contributed by atoms with Crippen molar-refractivity contribution >= 4 is 10.4 Å².